The number of hydrogen-bond donors (Lipinski definition) is 1. The Hall–Kier alpha value is -2.83. The van der Waals surface area contributed by atoms with E-state index in [-0.39, 0.29) is 16.4 Å². The Morgan fingerprint density at radius 1 is 0.967 bits per heavy atom. The van der Waals surface area contributed by atoms with Crippen LogP contribution in [0.3, 0.4) is 0 Å². The zero-order valence-corrected chi connectivity index (χ0v) is 17.7. The van der Waals surface area contributed by atoms with E-state index in [1.165, 1.54) is 5.56 Å². The minimum absolute atomic E-state index is 0.212. The third-order valence-electron chi connectivity index (χ3n) is 5.17. The number of ether oxygens (including phenoxy) is 1. The van der Waals surface area contributed by atoms with E-state index in [1.54, 1.807) is 0 Å². The maximum absolute atomic E-state index is 11.9. The molecule has 1 fully saturated rings. The van der Waals surface area contributed by atoms with Crippen LogP contribution in [0, 0.1) is 0 Å². The lowest BCUT2D eigenvalue weighted by atomic mass is 10.00. The highest BCUT2D eigenvalue weighted by molar-refractivity contribution is 8.15. The van der Waals surface area contributed by atoms with E-state index >= 15 is 0 Å². The average molecular weight is 421 g/mol. The number of benzene rings is 3. The van der Waals surface area contributed by atoms with Crippen LogP contribution >= 0.6 is 11.8 Å². The fraction of sp³-hybridized carbons (Fsp3) is 0.250. The molecule has 0 spiro atoms. The highest BCUT2D eigenvalue weighted by Gasteiger charge is 2.31. The van der Waals surface area contributed by atoms with Gasteiger partial charge in [0.25, 0.3) is 5.24 Å². The van der Waals surface area contributed by atoms with Gasteiger partial charge < -0.3 is 4.74 Å². The number of rotatable bonds is 8. The lowest BCUT2D eigenvalue weighted by molar-refractivity contribution is -0.118. The summed E-state index contributed by atoms with van der Waals surface area (Å²) in [5, 5.41) is 3.79. The number of amides is 2. The van der Waals surface area contributed by atoms with Crippen molar-refractivity contribution in [3.05, 3.63) is 77.9 Å². The van der Waals surface area contributed by atoms with Crippen molar-refractivity contribution in [2.75, 3.05) is 20.2 Å². The number of likely N-dealkylation sites (N-methyl/N-ethyl adjacent to an activating group) is 1. The van der Waals surface area contributed by atoms with Gasteiger partial charge in [-0.05, 0) is 36.0 Å². The number of thioether (sulfide) groups is 1. The van der Waals surface area contributed by atoms with Gasteiger partial charge in [0.2, 0.25) is 5.91 Å². The Labute approximate surface area is 180 Å². The lowest BCUT2D eigenvalue weighted by Crippen LogP contribution is -2.25. The zero-order chi connectivity index (χ0) is 20.9. The highest BCUT2D eigenvalue weighted by Crippen LogP contribution is 2.32. The number of carbonyl (C=O) groups is 2. The number of fused-ring (bicyclic) bond motifs is 1. The van der Waals surface area contributed by atoms with Crippen molar-refractivity contribution >= 4 is 33.7 Å². The molecule has 1 N–H and O–H groups in total. The standard InChI is InChI=1S/C24H24N2O3S/c1-26(16-17-7-3-2-4-8-17)13-14-29-21-12-11-18(19-9-5-6-10-20(19)21)15-22-23(27)25-24(28)30-22/h2-12,22H,13-16H2,1H3,(H,25,27,28). The second-order valence-electron chi connectivity index (χ2n) is 7.43. The Bertz CT molecular complexity index is 1050. The van der Waals surface area contributed by atoms with Gasteiger partial charge in [-0.3, -0.25) is 19.8 Å². The Morgan fingerprint density at radius 2 is 1.70 bits per heavy atom. The van der Waals surface area contributed by atoms with Crippen LogP contribution in [0.25, 0.3) is 10.8 Å². The second-order valence-corrected chi connectivity index (χ2v) is 8.60. The number of hydrogen-bond acceptors (Lipinski definition) is 5. The summed E-state index contributed by atoms with van der Waals surface area (Å²) in [6, 6.07) is 22.4. The van der Waals surface area contributed by atoms with Crippen molar-refractivity contribution in [3.8, 4) is 5.75 Å². The van der Waals surface area contributed by atoms with Crippen LogP contribution in [-0.2, 0) is 17.8 Å². The van der Waals surface area contributed by atoms with Crippen molar-refractivity contribution in [2.24, 2.45) is 0 Å². The molecule has 154 valence electrons. The van der Waals surface area contributed by atoms with Crippen LogP contribution in [0.15, 0.2) is 66.7 Å². The van der Waals surface area contributed by atoms with Gasteiger partial charge in [-0.15, -0.1) is 0 Å². The van der Waals surface area contributed by atoms with E-state index < -0.39 is 0 Å². The molecule has 1 heterocycles. The van der Waals surface area contributed by atoms with Crippen LogP contribution in [0.5, 0.6) is 5.75 Å². The summed E-state index contributed by atoms with van der Waals surface area (Å²) in [4.78, 5) is 25.6. The third-order valence-corrected chi connectivity index (χ3v) is 6.15. The number of imide groups is 1. The Balaban J connectivity index is 1.42. The summed E-state index contributed by atoms with van der Waals surface area (Å²) in [6.45, 7) is 2.28. The molecule has 4 rings (SSSR count). The molecule has 0 saturated carbocycles. The van der Waals surface area contributed by atoms with Gasteiger partial charge in [0.15, 0.2) is 0 Å². The number of carbonyl (C=O) groups excluding carboxylic acids is 2. The van der Waals surface area contributed by atoms with Crippen molar-refractivity contribution in [2.45, 2.75) is 18.2 Å². The van der Waals surface area contributed by atoms with Gasteiger partial charge in [0.05, 0.1) is 5.25 Å². The quantitative estimate of drug-likeness (QED) is 0.591. The van der Waals surface area contributed by atoms with E-state index in [9.17, 15) is 9.59 Å². The molecule has 6 heteroatoms. The van der Waals surface area contributed by atoms with E-state index in [2.05, 4.69) is 41.5 Å². The molecular formula is C24H24N2O3S. The first-order chi connectivity index (χ1) is 14.6. The van der Waals surface area contributed by atoms with Gasteiger partial charge in [-0.1, -0.05) is 72.4 Å². The third kappa shape index (κ3) is 4.83. The van der Waals surface area contributed by atoms with E-state index in [0.29, 0.717) is 13.0 Å². The molecule has 1 atom stereocenters. The topological polar surface area (TPSA) is 58.6 Å². The van der Waals surface area contributed by atoms with Crippen LogP contribution in [0.4, 0.5) is 4.79 Å². The molecule has 0 aliphatic carbocycles. The van der Waals surface area contributed by atoms with E-state index in [4.69, 9.17) is 4.74 Å². The molecule has 30 heavy (non-hydrogen) atoms. The second kappa shape index (κ2) is 9.32. The van der Waals surface area contributed by atoms with E-state index in [1.807, 2.05) is 42.5 Å². The predicted molar refractivity (Wildman–Crippen MR) is 121 cm³/mol. The van der Waals surface area contributed by atoms with Gasteiger partial charge in [0.1, 0.15) is 12.4 Å². The fourth-order valence-electron chi connectivity index (χ4n) is 3.65. The van der Waals surface area contributed by atoms with Gasteiger partial charge in [-0.25, -0.2) is 0 Å². The maximum atomic E-state index is 11.9. The zero-order valence-electron chi connectivity index (χ0n) is 16.8. The first kappa shape index (κ1) is 20.4. The monoisotopic (exact) mass is 420 g/mol. The summed E-state index contributed by atoms with van der Waals surface area (Å²) in [6.07, 6.45) is 0.517. The molecule has 1 aliphatic heterocycles. The molecule has 1 unspecified atom stereocenters. The van der Waals surface area contributed by atoms with Gasteiger partial charge in [0, 0.05) is 18.5 Å². The van der Waals surface area contributed by atoms with Crippen LogP contribution in [0.1, 0.15) is 11.1 Å². The normalized spacial score (nSPS) is 16.3. The summed E-state index contributed by atoms with van der Waals surface area (Å²) in [5.74, 6) is 0.623. The predicted octanol–water partition coefficient (Wildman–Crippen LogP) is 4.24. The highest BCUT2D eigenvalue weighted by atomic mass is 32.2. The summed E-state index contributed by atoms with van der Waals surface area (Å²) < 4.78 is 6.11. The minimum Gasteiger partial charge on any atom is -0.492 e. The van der Waals surface area contributed by atoms with Crippen LogP contribution in [-0.4, -0.2) is 41.5 Å². The molecular weight excluding hydrogens is 396 g/mol. The first-order valence-corrected chi connectivity index (χ1v) is 10.9. The number of nitrogens with zero attached hydrogens (tertiary/aromatic N) is 1. The van der Waals surface area contributed by atoms with Crippen molar-refractivity contribution < 1.29 is 14.3 Å². The number of nitrogens with one attached hydrogen (secondary N) is 1. The first-order valence-electron chi connectivity index (χ1n) is 9.97. The Kier molecular flexibility index (Phi) is 6.35. The molecule has 1 saturated heterocycles. The molecule has 0 aromatic heterocycles. The smallest absolute Gasteiger partial charge is 0.286 e. The minimum atomic E-state index is -0.376. The van der Waals surface area contributed by atoms with Gasteiger partial charge in [-0.2, -0.15) is 0 Å². The molecule has 3 aromatic carbocycles. The molecule has 1 aliphatic rings. The van der Waals surface area contributed by atoms with Crippen LogP contribution < -0.4 is 10.1 Å². The molecule has 3 aromatic rings. The summed E-state index contributed by atoms with van der Waals surface area (Å²) in [5.41, 5.74) is 2.32. The van der Waals surface area contributed by atoms with Crippen molar-refractivity contribution in [1.29, 1.82) is 0 Å². The largest absolute Gasteiger partial charge is 0.492 e. The summed E-state index contributed by atoms with van der Waals surface area (Å²) >= 11 is 1.06. The average Bonchev–Trinajstić information content (AvgIpc) is 3.07. The van der Waals surface area contributed by atoms with Crippen molar-refractivity contribution in [3.63, 3.8) is 0 Å². The van der Waals surface area contributed by atoms with Crippen molar-refractivity contribution in [1.82, 2.24) is 10.2 Å². The van der Waals surface area contributed by atoms with E-state index in [0.717, 1.165) is 46.9 Å². The summed E-state index contributed by atoms with van der Waals surface area (Å²) in [7, 11) is 2.09. The molecule has 0 bridgehead atoms. The fourth-order valence-corrected chi connectivity index (χ4v) is 4.50. The molecule has 5 nitrogen and oxygen atoms in total. The van der Waals surface area contributed by atoms with Crippen LogP contribution in [0.2, 0.25) is 0 Å². The van der Waals surface area contributed by atoms with Gasteiger partial charge >= 0.3 is 0 Å². The SMILES string of the molecule is CN(CCOc1ccc(CC2SC(=O)NC2=O)c2ccccc12)Cc1ccccc1. The maximum Gasteiger partial charge on any atom is 0.286 e. The Morgan fingerprint density at radius 3 is 2.43 bits per heavy atom. The molecule has 0 radical (unpaired) electrons. The lowest BCUT2D eigenvalue weighted by Gasteiger charge is -2.18. The molecule has 2 amide bonds.